The highest BCUT2D eigenvalue weighted by Gasteiger charge is 2.08. The Morgan fingerprint density at radius 2 is 1.59 bits per heavy atom. The average Bonchev–Trinajstić information content (AvgIpc) is 2.50. The van der Waals surface area contributed by atoms with Gasteiger partial charge < -0.3 is 10.6 Å². The quantitative estimate of drug-likeness (QED) is 0.889. The van der Waals surface area contributed by atoms with E-state index in [1.807, 2.05) is 0 Å². The highest BCUT2D eigenvalue weighted by molar-refractivity contribution is 5.94. The molecule has 0 bridgehead atoms. The van der Waals surface area contributed by atoms with Crippen LogP contribution in [0.15, 0.2) is 48.5 Å². The van der Waals surface area contributed by atoms with Gasteiger partial charge in [0.15, 0.2) is 0 Å². The maximum absolute atomic E-state index is 13.5. The molecule has 0 atom stereocenters. The maximum atomic E-state index is 13.5. The molecule has 0 aliphatic heterocycles. The van der Waals surface area contributed by atoms with E-state index in [9.17, 15) is 14.0 Å². The van der Waals surface area contributed by atoms with E-state index >= 15 is 0 Å². The van der Waals surface area contributed by atoms with Gasteiger partial charge in [-0.15, -0.1) is 0 Å². The Morgan fingerprint density at radius 1 is 0.955 bits per heavy atom. The minimum atomic E-state index is -0.401. The Hall–Kier alpha value is -2.69. The van der Waals surface area contributed by atoms with Crippen molar-refractivity contribution in [2.24, 2.45) is 0 Å². The molecule has 0 radical (unpaired) electrons. The summed E-state index contributed by atoms with van der Waals surface area (Å²) in [6.45, 7) is 1.76. The van der Waals surface area contributed by atoms with Crippen LogP contribution in [0.25, 0.3) is 0 Å². The van der Waals surface area contributed by atoms with Gasteiger partial charge in [0.1, 0.15) is 5.82 Å². The number of halogens is 1. The van der Waals surface area contributed by atoms with Crippen LogP contribution in [-0.4, -0.2) is 11.8 Å². The van der Waals surface area contributed by atoms with Crippen LogP contribution >= 0.6 is 0 Å². The van der Waals surface area contributed by atoms with Crippen LogP contribution < -0.4 is 10.6 Å². The standard InChI is InChI=1S/C17H17FN2O2/c1-2-16(21)19-13-7-5-8-14(11-13)20-17(22)10-12-6-3-4-9-15(12)18/h3-9,11H,2,10H2,1H3,(H,19,21)(H,20,22). The van der Waals surface area contributed by atoms with Gasteiger partial charge in [-0.1, -0.05) is 31.2 Å². The first kappa shape index (κ1) is 15.7. The van der Waals surface area contributed by atoms with E-state index in [-0.39, 0.29) is 18.2 Å². The summed E-state index contributed by atoms with van der Waals surface area (Å²) < 4.78 is 13.5. The summed E-state index contributed by atoms with van der Waals surface area (Å²) in [6.07, 6.45) is 0.335. The lowest BCUT2D eigenvalue weighted by Crippen LogP contribution is -2.15. The Bertz CT molecular complexity index is 686. The fourth-order valence-electron chi connectivity index (χ4n) is 1.94. The summed E-state index contributed by atoms with van der Waals surface area (Å²) in [4.78, 5) is 23.3. The number of carbonyl (C=O) groups is 2. The third-order valence-electron chi connectivity index (χ3n) is 3.06. The lowest BCUT2D eigenvalue weighted by atomic mass is 10.1. The number of benzene rings is 2. The summed E-state index contributed by atoms with van der Waals surface area (Å²) >= 11 is 0. The number of carbonyl (C=O) groups excluding carboxylic acids is 2. The van der Waals surface area contributed by atoms with Gasteiger partial charge in [0.25, 0.3) is 0 Å². The number of rotatable bonds is 5. The van der Waals surface area contributed by atoms with E-state index in [1.165, 1.54) is 6.07 Å². The van der Waals surface area contributed by atoms with E-state index in [0.29, 0.717) is 23.4 Å². The van der Waals surface area contributed by atoms with Crippen molar-refractivity contribution < 1.29 is 14.0 Å². The molecule has 2 aromatic rings. The van der Waals surface area contributed by atoms with Gasteiger partial charge in [-0.05, 0) is 29.8 Å². The molecule has 22 heavy (non-hydrogen) atoms. The zero-order valence-electron chi connectivity index (χ0n) is 12.2. The predicted molar refractivity (Wildman–Crippen MR) is 84.1 cm³/mol. The molecule has 0 unspecified atom stereocenters. The number of hydrogen-bond donors (Lipinski definition) is 2. The van der Waals surface area contributed by atoms with Crippen molar-refractivity contribution >= 4 is 23.2 Å². The first-order chi connectivity index (χ1) is 10.6. The molecule has 0 aliphatic rings. The van der Waals surface area contributed by atoms with Crippen molar-refractivity contribution in [3.63, 3.8) is 0 Å². The van der Waals surface area contributed by atoms with Crippen molar-refractivity contribution in [1.82, 2.24) is 0 Å². The molecular weight excluding hydrogens is 283 g/mol. The molecule has 2 aromatic carbocycles. The van der Waals surface area contributed by atoms with Crippen LogP contribution in [0, 0.1) is 5.82 Å². The van der Waals surface area contributed by atoms with Gasteiger partial charge in [-0.3, -0.25) is 9.59 Å². The number of nitrogens with one attached hydrogen (secondary N) is 2. The van der Waals surface area contributed by atoms with Gasteiger partial charge in [0, 0.05) is 17.8 Å². The summed E-state index contributed by atoms with van der Waals surface area (Å²) in [7, 11) is 0. The SMILES string of the molecule is CCC(=O)Nc1cccc(NC(=O)Cc2ccccc2F)c1. The zero-order chi connectivity index (χ0) is 15.9. The van der Waals surface area contributed by atoms with Crippen LogP contribution in [0.1, 0.15) is 18.9 Å². The van der Waals surface area contributed by atoms with Gasteiger partial charge >= 0.3 is 0 Å². The Kier molecular flexibility index (Phi) is 5.25. The van der Waals surface area contributed by atoms with E-state index < -0.39 is 5.82 Å². The van der Waals surface area contributed by atoms with Crippen molar-refractivity contribution in [2.75, 3.05) is 10.6 Å². The van der Waals surface area contributed by atoms with Crippen LogP contribution in [-0.2, 0) is 16.0 Å². The second-order valence-corrected chi connectivity index (χ2v) is 4.80. The van der Waals surface area contributed by atoms with Gasteiger partial charge in [-0.25, -0.2) is 4.39 Å². The molecule has 4 nitrogen and oxygen atoms in total. The van der Waals surface area contributed by atoms with Gasteiger partial charge in [0.05, 0.1) is 6.42 Å². The third kappa shape index (κ3) is 4.41. The maximum Gasteiger partial charge on any atom is 0.228 e. The fraction of sp³-hybridized carbons (Fsp3) is 0.176. The number of amides is 2. The Morgan fingerprint density at radius 3 is 2.23 bits per heavy atom. The van der Waals surface area contributed by atoms with Crippen molar-refractivity contribution in [1.29, 1.82) is 0 Å². The monoisotopic (exact) mass is 300 g/mol. The fourth-order valence-corrected chi connectivity index (χ4v) is 1.94. The second kappa shape index (κ2) is 7.36. The Labute approximate surface area is 128 Å². The molecule has 0 spiro atoms. The van der Waals surface area contributed by atoms with E-state index in [1.54, 1.807) is 49.4 Å². The molecule has 2 amide bonds. The highest BCUT2D eigenvalue weighted by atomic mass is 19.1. The molecule has 0 aromatic heterocycles. The molecule has 0 saturated heterocycles. The normalized spacial score (nSPS) is 10.1. The van der Waals surface area contributed by atoms with Gasteiger partial charge in [-0.2, -0.15) is 0 Å². The average molecular weight is 300 g/mol. The van der Waals surface area contributed by atoms with E-state index in [2.05, 4.69) is 10.6 Å². The minimum Gasteiger partial charge on any atom is -0.326 e. The molecule has 114 valence electrons. The summed E-state index contributed by atoms with van der Waals surface area (Å²) in [5.41, 5.74) is 1.50. The zero-order valence-corrected chi connectivity index (χ0v) is 12.2. The second-order valence-electron chi connectivity index (χ2n) is 4.80. The summed E-state index contributed by atoms with van der Waals surface area (Å²) in [6, 6.07) is 13.0. The summed E-state index contributed by atoms with van der Waals surface area (Å²) in [5.74, 6) is -0.819. The largest absolute Gasteiger partial charge is 0.326 e. The first-order valence-electron chi connectivity index (χ1n) is 7.01. The molecule has 2 rings (SSSR count). The highest BCUT2D eigenvalue weighted by Crippen LogP contribution is 2.16. The molecule has 0 fully saturated rings. The first-order valence-corrected chi connectivity index (χ1v) is 7.01. The molecule has 0 aliphatic carbocycles. The molecule has 5 heteroatoms. The van der Waals surface area contributed by atoms with Crippen LogP contribution in [0.5, 0.6) is 0 Å². The number of hydrogen-bond acceptors (Lipinski definition) is 2. The van der Waals surface area contributed by atoms with Crippen molar-refractivity contribution in [2.45, 2.75) is 19.8 Å². The predicted octanol–water partition coefficient (Wildman–Crippen LogP) is 3.36. The van der Waals surface area contributed by atoms with Gasteiger partial charge in [0.2, 0.25) is 11.8 Å². The molecule has 2 N–H and O–H groups in total. The smallest absolute Gasteiger partial charge is 0.228 e. The van der Waals surface area contributed by atoms with Crippen LogP contribution in [0.3, 0.4) is 0 Å². The molecule has 0 heterocycles. The van der Waals surface area contributed by atoms with Crippen LogP contribution in [0.4, 0.5) is 15.8 Å². The van der Waals surface area contributed by atoms with E-state index in [4.69, 9.17) is 0 Å². The topological polar surface area (TPSA) is 58.2 Å². The van der Waals surface area contributed by atoms with Crippen molar-refractivity contribution in [3.8, 4) is 0 Å². The minimum absolute atomic E-state index is 0.0434. The number of anilines is 2. The van der Waals surface area contributed by atoms with E-state index in [0.717, 1.165) is 0 Å². The van der Waals surface area contributed by atoms with Crippen LogP contribution in [0.2, 0.25) is 0 Å². The molecular formula is C17H17FN2O2. The Balaban J connectivity index is 2.01. The lowest BCUT2D eigenvalue weighted by molar-refractivity contribution is -0.116. The summed E-state index contributed by atoms with van der Waals surface area (Å²) in [5, 5.41) is 5.41. The third-order valence-corrected chi connectivity index (χ3v) is 3.06. The lowest BCUT2D eigenvalue weighted by Gasteiger charge is -2.09. The van der Waals surface area contributed by atoms with Crippen molar-refractivity contribution in [3.05, 3.63) is 59.9 Å². The molecule has 0 saturated carbocycles.